The number of rotatable bonds is 2. The molecule has 0 unspecified atom stereocenters. The van der Waals surface area contributed by atoms with Crippen molar-refractivity contribution in [1.82, 2.24) is 14.7 Å². The summed E-state index contributed by atoms with van der Waals surface area (Å²) >= 11 is 0. The summed E-state index contributed by atoms with van der Waals surface area (Å²) in [5.41, 5.74) is 1.47. The molecule has 1 aromatic rings. The number of carbonyl (C=O) groups excluding carboxylic acids is 1. The molecular weight excluding hydrogens is 206 g/mol. The monoisotopic (exact) mass is 223 g/mol. The molecule has 0 radical (unpaired) electrons. The van der Waals surface area contributed by atoms with Crippen molar-refractivity contribution in [3.8, 4) is 0 Å². The summed E-state index contributed by atoms with van der Waals surface area (Å²) in [5.74, 6) is 0.202. The number of aromatic nitrogens is 2. The van der Waals surface area contributed by atoms with E-state index in [9.17, 15) is 4.79 Å². The quantitative estimate of drug-likeness (QED) is 0.778. The highest BCUT2D eigenvalue weighted by molar-refractivity contribution is 5.92. The SMILES string of the molecule is Cc1cc(C(=O)N2CC[C@@H](CO)C2)nn1C. The Hall–Kier alpha value is -1.36. The van der Waals surface area contributed by atoms with Crippen molar-refractivity contribution >= 4 is 5.91 Å². The van der Waals surface area contributed by atoms with E-state index in [-0.39, 0.29) is 18.4 Å². The van der Waals surface area contributed by atoms with Crippen LogP contribution in [0.4, 0.5) is 0 Å². The van der Waals surface area contributed by atoms with E-state index in [1.54, 1.807) is 15.6 Å². The zero-order valence-corrected chi connectivity index (χ0v) is 9.68. The predicted molar refractivity (Wildman–Crippen MR) is 59.0 cm³/mol. The summed E-state index contributed by atoms with van der Waals surface area (Å²) < 4.78 is 1.70. The fraction of sp³-hybridized carbons (Fsp3) is 0.636. The first-order valence-electron chi connectivity index (χ1n) is 5.52. The van der Waals surface area contributed by atoms with Gasteiger partial charge in [-0.2, -0.15) is 5.10 Å². The maximum atomic E-state index is 12.0. The Morgan fingerprint density at radius 2 is 2.44 bits per heavy atom. The lowest BCUT2D eigenvalue weighted by Gasteiger charge is -2.14. The van der Waals surface area contributed by atoms with E-state index in [0.717, 1.165) is 18.7 Å². The van der Waals surface area contributed by atoms with Gasteiger partial charge in [-0.15, -0.1) is 0 Å². The molecule has 0 spiro atoms. The molecule has 1 fully saturated rings. The van der Waals surface area contributed by atoms with Crippen LogP contribution in [0, 0.1) is 12.8 Å². The van der Waals surface area contributed by atoms with Gasteiger partial charge in [0.1, 0.15) is 0 Å². The number of hydrogen-bond donors (Lipinski definition) is 1. The molecule has 5 nitrogen and oxygen atoms in total. The maximum absolute atomic E-state index is 12.0. The molecule has 0 aromatic carbocycles. The van der Waals surface area contributed by atoms with Crippen molar-refractivity contribution in [2.45, 2.75) is 13.3 Å². The summed E-state index contributed by atoms with van der Waals surface area (Å²) in [6.45, 7) is 3.44. The molecule has 88 valence electrons. The second-order valence-corrected chi connectivity index (χ2v) is 4.38. The third-order valence-corrected chi connectivity index (χ3v) is 3.16. The van der Waals surface area contributed by atoms with Gasteiger partial charge in [0.15, 0.2) is 5.69 Å². The highest BCUT2D eigenvalue weighted by Gasteiger charge is 2.27. The van der Waals surface area contributed by atoms with E-state index >= 15 is 0 Å². The van der Waals surface area contributed by atoms with E-state index in [0.29, 0.717) is 12.2 Å². The van der Waals surface area contributed by atoms with Gasteiger partial charge in [-0.3, -0.25) is 9.48 Å². The third kappa shape index (κ3) is 1.95. The van der Waals surface area contributed by atoms with Crippen LogP contribution in [0.25, 0.3) is 0 Å². The largest absolute Gasteiger partial charge is 0.396 e. The van der Waals surface area contributed by atoms with Gasteiger partial charge in [0.2, 0.25) is 0 Å². The third-order valence-electron chi connectivity index (χ3n) is 3.16. The first-order chi connectivity index (χ1) is 7.61. The molecule has 0 bridgehead atoms. The van der Waals surface area contributed by atoms with Gasteiger partial charge in [-0.05, 0) is 19.4 Å². The van der Waals surface area contributed by atoms with Gasteiger partial charge in [0, 0.05) is 38.4 Å². The van der Waals surface area contributed by atoms with Crippen LogP contribution in [0.5, 0.6) is 0 Å². The second-order valence-electron chi connectivity index (χ2n) is 4.38. The molecule has 1 amide bonds. The van der Waals surface area contributed by atoms with E-state index < -0.39 is 0 Å². The highest BCUT2D eigenvalue weighted by atomic mass is 16.3. The Balaban J connectivity index is 2.08. The van der Waals surface area contributed by atoms with Crippen LogP contribution >= 0.6 is 0 Å². The average molecular weight is 223 g/mol. The molecule has 2 heterocycles. The van der Waals surface area contributed by atoms with E-state index in [4.69, 9.17) is 5.11 Å². The van der Waals surface area contributed by atoms with Gasteiger partial charge in [0.25, 0.3) is 5.91 Å². The molecule has 1 N–H and O–H groups in total. The van der Waals surface area contributed by atoms with Crippen LogP contribution in [0.1, 0.15) is 22.6 Å². The minimum absolute atomic E-state index is 0.0281. The normalized spacial score (nSPS) is 20.4. The van der Waals surface area contributed by atoms with Crippen molar-refractivity contribution in [1.29, 1.82) is 0 Å². The lowest BCUT2D eigenvalue weighted by Crippen LogP contribution is -2.29. The molecular formula is C11H17N3O2. The smallest absolute Gasteiger partial charge is 0.274 e. The zero-order valence-electron chi connectivity index (χ0n) is 9.68. The predicted octanol–water partition coefficient (Wildman–Crippen LogP) is 0.183. The van der Waals surface area contributed by atoms with E-state index in [1.165, 1.54) is 0 Å². The first-order valence-corrected chi connectivity index (χ1v) is 5.52. The Morgan fingerprint density at radius 3 is 2.94 bits per heavy atom. The van der Waals surface area contributed by atoms with Gasteiger partial charge in [-0.25, -0.2) is 0 Å². The highest BCUT2D eigenvalue weighted by Crippen LogP contribution is 2.17. The lowest BCUT2D eigenvalue weighted by molar-refractivity contribution is 0.0775. The summed E-state index contributed by atoms with van der Waals surface area (Å²) in [6, 6.07) is 1.80. The van der Waals surface area contributed by atoms with Gasteiger partial charge in [-0.1, -0.05) is 0 Å². The summed E-state index contributed by atoms with van der Waals surface area (Å²) in [5, 5.41) is 13.2. The molecule has 1 atom stereocenters. The molecule has 5 heteroatoms. The van der Waals surface area contributed by atoms with Gasteiger partial charge in [0.05, 0.1) is 0 Å². The van der Waals surface area contributed by atoms with Crippen molar-refractivity contribution < 1.29 is 9.90 Å². The van der Waals surface area contributed by atoms with Crippen molar-refractivity contribution in [3.05, 3.63) is 17.5 Å². The fourth-order valence-corrected chi connectivity index (χ4v) is 1.99. The number of carbonyl (C=O) groups is 1. The first kappa shape index (κ1) is 11.1. The Morgan fingerprint density at radius 1 is 1.69 bits per heavy atom. The summed E-state index contributed by atoms with van der Waals surface area (Å²) in [7, 11) is 1.83. The Kier molecular flexibility index (Phi) is 2.96. The van der Waals surface area contributed by atoms with Crippen LogP contribution in [0.2, 0.25) is 0 Å². The summed E-state index contributed by atoms with van der Waals surface area (Å²) in [6.07, 6.45) is 0.883. The molecule has 16 heavy (non-hydrogen) atoms. The molecule has 0 aliphatic carbocycles. The van der Waals surface area contributed by atoms with Crippen molar-refractivity contribution in [2.24, 2.45) is 13.0 Å². The minimum atomic E-state index is -0.0281. The van der Waals surface area contributed by atoms with Gasteiger partial charge < -0.3 is 10.0 Å². The van der Waals surface area contributed by atoms with Crippen LogP contribution in [0.15, 0.2) is 6.07 Å². The van der Waals surface area contributed by atoms with Crippen molar-refractivity contribution in [2.75, 3.05) is 19.7 Å². The standard InChI is InChI=1S/C11H17N3O2/c1-8-5-10(12-13(8)2)11(16)14-4-3-9(6-14)7-15/h5,9,15H,3-4,6-7H2,1-2H3/t9-/m1/s1. The molecule has 1 aliphatic rings. The Bertz CT molecular complexity index is 380. The number of hydrogen-bond acceptors (Lipinski definition) is 3. The molecule has 1 aromatic heterocycles. The van der Waals surface area contributed by atoms with Crippen LogP contribution in [-0.4, -0.2) is 45.4 Å². The maximum Gasteiger partial charge on any atom is 0.274 e. The molecule has 2 rings (SSSR count). The number of amides is 1. The Labute approximate surface area is 94.7 Å². The average Bonchev–Trinajstić information content (AvgIpc) is 2.86. The van der Waals surface area contributed by atoms with Crippen LogP contribution in [-0.2, 0) is 7.05 Å². The second kappa shape index (κ2) is 4.25. The molecule has 0 saturated carbocycles. The number of aryl methyl sites for hydroxylation is 2. The number of aliphatic hydroxyl groups excluding tert-OH is 1. The van der Waals surface area contributed by atoms with Crippen LogP contribution < -0.4 is 0 Å². The number of nitrogens with zero attached hydrogens (tertiary/aromatic N) is 3. The van der Waals surface area contributed by atoms with E-state index in [2.05, 4.69) is 5.10 Å². The minimum Gasteiger partial charge on any atom is -0.396 e. The van der Waals surface area contributed by atoms with E-state index in [1.807, 2.05) is 14.0 Å². The topological polar surface area (TPSA) is 58.4 Å². The molecule has 1 saturated heterocycles. The number of likely N-dealkylation sites (tertiary alicyclic amines) is 1. The molecule has 1 aliphatic heterocycles. The lowest BCUT2D eigenvalue weighted by atomic mass is 10.1. The fourth-order valence-electron chi connectivity index (χ4n) is 1.99. The zero-order chi connectivity index (χ0) is 11.7. The van der Waals surface area contributed by atoms with Gasteiger partial charge >= 0.3 is 0 Å². The van der Waals surface area contributed by atoms with Crippen LogP contribution in [0.3, 0.4) is 0 Å². The summed E-state index contributed by atoms with van der Waals surface area (Å²) in [4.78, 5) is 13.8. The van der Waals surface area contributed by atoms with Crippen molar-refractivity contribution in [3.63, 3.8) is 0 Å². The number of aliphatic hydroxyl groups is 1.